The van der Waals surface area contributed by atoms with Gasteiger partial charge >= 0.3 is 0 Å². The van der Waals surface area contributed by atoms with Crippen molar-refractivity contribution in [2.75, 3.05) is 11.9 Å². The Hall–Kier alpha value is -3.14. The van der Waals surface area contributed by atoms with Crippen LogP contribution in [0.25, 0.3) is 0 Å². The van der Waals surface area contributed by atoms with Crippen LogP contribution in [0.2, 0.25) is 0 Å². The van der Waals surface area contributed by atoms with Crippen LogP contribution in [0.3, 0.4) is 0 Å². The molecule has 0 aliphatic heterocycles. The summed E-state index contributed by atoms with van der Waals surface area (Å²) in [7, 11) is -3.83. The molecule has 0 aliphatic carbocycles. The Morgan fingerprint density at radius 2 is 1.67 bits per heavy atom. The summed E-state index contributed by atoms with van der Waals surface area (Å²) in [6.45, 7) is 2.23. The van der Waals surface area contributed by atoms with Gasteiger partial charge in [0.2, 0.25) is 15.9 Å². The van der Waals surface area contributed by atoms with Crippen LogP contribution < -0.4 is 10.5 Å². The maximum Gasteiger partial charge on any atom is 0.238 e. The van der Waals surface area contributed by atoms with Gasteiger partial charge in [-0.25, -0.2) is 22.3 Å². The third-order valence-corrected chi connectivity index (χ3v) is 6.10. The Kier molecular flexibility index (Phi) is 7.91. The Morgan fingerprint density at radius 1 is 1.00 bits per heavy atom. The van der Waals surface area contributed by atoms with E-state index in [2.05, 4.69) is 5.32 Å². The molecule has 0 bridgehead atoms. The van der Waals surface area contributed by atoms with E-state index in [1.54, 1.807) is 24.3 Å². The van der Waals surface area contributed by atoms with Crippen LogP contribution in [0, 0.1) is 11.6 Å². The molecule has 9 heteroatoms. The summed E-state index contributed by atoms with van der Waals surface area (Å²) >= 11 is 0. The molecule has 3 aromatic rings. The zero-order chi connectivity index (χ0) is 24.0. The van der Waals surface area contributed by atoms with Crippen molar-refractivity contribution in [3.63, 3.8) is 0 Å². The first-order chi connectivity index (χ1) is 15.7. The van der Waals surface area contributed by atoms with Crippen molar-refractivity contribution in [3.8, 4) is 0 Å². The van der Waals surface area contributed by atoms with Crippen molar-refractivity contribution >= 4 is 21.6 Å². The van der Waals surface area contributed by atoms with Gasteiger partial charge in [-0.1, -0.05) is 31.2 Å². The highest BCUT2D eigenvalue weighted by molar-refractivity contribution is 7.89. The standard InChI is InChI=1S/C24H25F2N3O3S/c1-2-23(18-6-8-19(25)9-7-18)29(15-17-4-3-5-20(26)14-17)16-24(30)28-21-10-12-22(13-11-21)33(27,31)32/h3-14,23H,2,15-16H2,1H3,(H,28,30)(H2,27,31,32). The lowest BCUT2D eigenvalue weighted by Crippen LogP contribution is -2.36. The summed E-state index contributed by atoms with van der Waals surface area (Å²) in [6.07, 6.45) is 0.636. The summed E-state index contributed by atoms with van der Waals surface area (Å²) in [5, 5.41) is 7.84. The number of hydrogen-bond acceptors (Lipinski definition) is 4. The Bertz CT molecular complexity index is 1200. The summed E-state index contributed by atoms with van der Waals surface area (Å²) in [5.41, 5.74) is 1.94. The summed E-state index contributed by atoms with van der Waals surface area (Å²) in [6, 6.07) is 17.5. The average molecular weight is 474 g/mol. The zero-order valence-electron chi connectivity index (χ0n) is 18.0. The van der Waals surface area contributed by atoms with Crippen LogP contribution in [-0.4, -0.2) is 25.8 Å². The first kappa shape index (κ1) is 24.5. The number of nitrogens with two attached hydrogens (primary N) is 1. The molecule has 1 unspecified atom stereocenters. The summed E-state index contributed by atoms with van der Waals surface area (Å²) in [4.78, 5) is 14.7. The molecule has 0 saturated heterocycles. The third kappa shape index (κ3) is 6.92. The van der Waals surface area contributed by atoms with Crippen molar-refractivity contribution in [1.82, 2.24) is 4.90 Å². The fraction of sp³-hybridized carbons (Fsp3) is 0.208. The molecule has 0 spiro atoms. The van der Waals surface area contributed by atoms with Gasteiger partial charge in [-0.3, -0.25) is 9.69 Å². The number of hydrogen-bond donors (Lipinski definition) is 2. The number of primary sulfonamides is 1. The van der Waals surface area contributed by atoms with E-state index >= 15 is 0 Å². The maximum absolute atomic E-state index is 13.7. The minimum atomic E-state index is -3.83. The number of nitrogens with zero attached hydrogens (tertiary/aromatic N) is 1. The van der Waals surface area contributed by atoms with Gasteiger partial charge in [-0.2, -0.15) is 0 Å². The van der Waals surface area contributed by atoms with E-state index in [0.29, 0.717) is 24.2 Å². The minimum absolute atomic E-state index is 0.0245. The van der Waals surface area contributed by atoms with E-state index in [1.165, 1.54) is 48.5 Å². The molecule has 0 saturated carbocycles. The zero-order valence-corrected chi connectivity index (χ0v) is 18.9. The van der Waals surface area contributed by atoms with Crippen LogP contribution in [0.1, 0.15) is 30.5 Å². The van der Waals surface area contributed by atoms with Crippen LogP contribution in [0.15, 0.2) is 77.7 Å². The lowest BCUT2D eigenvalue weighted by atomic mass is 10.0. The molecule has 6 nitrogen and oxygen atoms in total. The molecular formula is C24H25F2N3O3S. The van der Waals surface area contributed by atoms with Crippen LogP contribution >= 0.6 is 0 Å². The van der Waals surface area contributed by atoms with Gasteiger partial charge in [-0.05, 0) is 66.1 Å². The topological polar surface area (TPSA) is 92.5 Å². The number of carbonyl (C=O) groups is 1. The van der Waals surface area contributed by atoms with E-state index < -0.39 is 10.0 Å². The molecule has 1 atom stereocenters. The second-order valence-electron chi connectivity index (χ2n) is 7.63. The van der Waals surface area contributed by atoms with Crippen molar-refractivity contribution in [2.45, 2.75) is 30.8 Å². The van der Waals surface area contributed by atoms with E-state index in [-0.39, 0.29) is 35.0 Å². The van der Waals surface area contributed by atoms with Crippen LogP contribution in [-0.2, 0) is 21.4 Å². The molecule has 174 valence electrons. The van der Waals surface area contributed by atoms with Gasteiger partial charge in [0.15, 0.2) is 0 Å². The van der Waals surface area contributed by atoms with Crippen molar-refractivity contribution in [1.29, 1.82) is 0 Å². The molecule has 1 amide bonds. The number of benzene rings is 3. The predicted octanol–water partition coefficient (Wildman–Crippen LogP) is 4.20. The quantitative estimate of drug-likeness (QED) is 0.487. The normalized spacial score (nSPS) is 12.5. The molecule has 0 heterocycles. The van der Waals surface area contributed by atoms with Gasteiger partial charge in [0, 0.05) is 18.3 Å². The van der Waals surface area contributed by atoms with Gasteiger partial charge in [0.25, 0.3) is 0 Å². The molecular weight excluding hydrogens is 448 g/mol. The molecule has 0 aromatic heterocycles. The highest BCUT2D eigenvalue weighted by Gasteiger charge is 2.22. The number of amides is 1. The fourth-order valence-electron chi connectivity index (χ4n) is 3.65. The van der Waals surface area contributed by atoms with Crippen molar-refractivity contribution in [3.05, 3.63) is 95.6 Å². The molecule has 0 aliphatic rings. The third-order valence-electron chi connectivity index (χ3n) is 5.17. The number of carbonyl (C=O) groups excluding carboxylic acids is 1. The molecule has 33 heavy (non-hydrogen) atoms. The van der Waals surface area contributed by atoms with Crippen molar-refractivity contribution < 1.29 is 22.0 Å². The predicted molar refractivity (Wildman–Crippen MR) is 123 cm³/mol. The van der Waals surface area contributed by atoms with E-state index in [1.807, 2.05) is 11.8 Å². The second-order valence-corrected chi connectivity index (χ2v) is 9.19. The van der Waals surface area contributed by atoms with Gasteiger partial charge in [-0.15, -0.1) is 0 Å². The molecule has 3 aromatic carbocycles. The molecule has 0 radical (unpaired) electrons. The lowest BCUT2D eigenvalue weighted by molar-refractivity contribution is -0.118. The monoisotopic (exact) mass is 473 g/mol. The number of sulfonamides is 1. The van der Waals surface area contributed by atoms with E-state index in [0.717, 1.165) is 5.56 Å². The van der Waals surface area contributed by atoms with E-state index in [4.69, 9.17) is 5.14 Å². The maximum atomic E-state index is 13.7. The largest absolute Gasteiger partial charge is 0.325 e. The Morgan fingerprint density at radius 3 is 2.24 bits per heavy atom. The summed E-state index contributed by atoms with van der Waals surface area (Å²) < 4.78 is 50.0. The first-order valence-electron chi connectivity index (χ1n) is 10.3. The minimum Gasteiger partial charge on any atom is -0.325 e. The van der Waals surface area contributed by atoms with Crippen molar-refractivity contribution in [2.24, 2.45) is 5.14 Å². The lowest BCUT2D eigenvalue weighted by Gasteiger charge is -2.31. The Balaban J connectivity index is 1.81. The number of halogens is 2. The number of rotatable bonds is 9. The highest BCUT2D eigenvalue weighted by Crippen LogP contribution is 2.26. The van der Waals surface area contributed by atoms with E-state index in [9.17, 15) is 22.0 Å². The second kappa shape index (κ2) is 10.7. The van der Waals surface area contributed by atoms with Gasteiger partial charge in [0.05, 0.1) is 11.4 Å². The van der Waals surface area contributed by atoms with Gasteiger partial charge in [0.1, 0.15) is 11.6 Å². The molecule has 3 rings (SSSR count). The van der Waals surface area contributed by atoms with Gasteiger partial charge < -0.3 is 5.32 Å². The van der Waals surface area contributed by atoms with Crippen LogP contribution in [0.5, 0.6) is 0 Å². The fourth-order valence-corrected chi connectivity index (χ4v) is 4.16. The number of anilines is 1. The highest BCUT2D eigenvalue weighted by atomic mass is 32.2. The first-order valence-corrected chi connectivity index (χ1v) is 11.9. The Labute approximate surface area is 192 Å². The average Bonchev–Trinajstić information content (AvgIpc) is 2.75. The van der Waals surface area contributed by atoms with Crippen LogP contribution in [0.4, 0.5) is 14.5 Å². The molecule has 3 N–H and O–H groups in total. The molecule has 0 fully saturated rings. The smallest absolute Gasteiger partial charge is 0.238 e. The number of nitrogens with one attached hydrogen (secondary N) is 1. The summed E-state index contributed by atoms with van der Waals surface area (Å²) in [5.74, 6) is -1.07. The SMILES string of the molecule is CCC(c1ccc(F)cc1)N(CC(=O)Nc1ccc(S(N)(=O)=O)cc1)Cc1cccc(F)c1.